The van der Waals surface area contributed by atoms with E-state index < -0.39 is 5.41 Å². The molecule has 21 heavy (non-hydrogen) atoms. The van der Waals surface area contributed by atoms with E-state index >= 15 is 0 Å². The highest BCUT2D eigenvalue weighted by Crippen LogP contribution is 2.47. The van der Waals surface area contributed by atoms with Gasteiger partial charge in [0.15, 0.2) is 0 Å². The van der Waals surface area contributed by atoms with Crippen molar-refractivity contribution in [3.8, 4) is 6.07 Å². The average molecular weight is 285 g/mol. The highest BCUT2D eigenvalue weighted by atomic mass is 16.2. The summed E-state index contributed by atoms with van der Waals surface area (Å²) in [7, 11) is 0. The fraction of sp³-hybridized carbons (Fsp3) is 0.438. The monoisotopic (exact) mass is 285 g/mol. The van der Waals surface area contributed by atoms with E-state index in [2.05, 4.69) is 10.6 Å². The largest absolute Gasteiger partial charge is 0.353 e. The first kappa shape index (κ1) is 15.0. The standard InChI is InChI=1S/C16H19N3O2/c1-3-11(2)18-14(20)16(8-9-16)15(21)19-13-6-4-12(10-17)5-7-13/h4-7,11H,3,8-9H2,1-2H3,(H,18,20)(H,19,21). The van der Waals surface area contributed by atoms with E-state index in [-0.39, 0.29) is 17.9 Å². The Balaban J connectivity index is 2.02. The molecule has 2 rings (SSSR count). The lowest BCUT2D eigenvalue weighted by atomic mass is 10.0. The molecule has 110 valence electrons. The van der Waals surface area contributed by atoms with Gasteiger partial charge in [-0.1, -0.05) is 6.92 Å². The van der Waals surface area contributed by atoms with Gasteiger partial charge in [-0.2, -0.15) is 5.26 Å². The van der Waals surface area contributed by atoms with Crippen molar-refractivity contribution >= 4 is 17.5 Å². The number of rotatable bonds is 5. The van der Waals surface area contributed by atoms with Crippen LogP contribution in [0.3, 0.4) is 0 Å². The number of nitriles is 1. The number of carbonyl (C=O) groups excluding carboxylic acids is 2. The molecule has 1 aliphatic rings. The number of hydrogen-bond donors (Lipinski definition) is 2. The Morgan fingerprint density at radius 2 is 1.90 bits per heavy atom. The first-order valence-electron chi connectivity index (χ1n) is 7.14. The van der Waals surface area contributed by atoms with Crippen LogP contribution in [0.1, 0.15) is 38.7 Å². The molecule has 1 aromatic rings. The van der Waals surface area contributed by atoms with Crippen molar-refractivity contribution in [1.29, 1.82) is 5.26 Å². The zero-order chi connectivity index (χ0) is 15.5. The van der Waals surface area contributed by atoms with Gasteiger partial charge in [0.1, 0.15) is 5.41 Å². The maximum absolute atomic E-state index is 12.3. The number of hydrogen-bond acceptors (Lipinski definition) is 3. The van der Waals surface area contributed by atoms with Crippen LogP contribution in [0.2, 0.25) is 0 Å². The molecule has 5 nitrogen and oxygen atoms in total. The minimum absolute atomic E-state index is 0.0673. The molecule has 1 unspecified atom stereocenters. The van der Waals surface area contributed by atoms with Crippen LogP contribution < -0.4 is 10.6 Å². The van der Waals surface area contributed by atoms with Gasteiger partial charge in [0, 0.05) is 11.7 Å². The van der Waals surface area contributed by atoms with E-state index in [1.54, 1.807) is 24.3 Å². The molecule has 0 aliphatic heterocycles. The predicted molar refractivity (Wildman–Crippen MR) is 79.3 cm³/mol. The maximum Gasteiger partial charge on any atom is 0.240 e. The van der Waals surface area contributed by atoms with Crippen LogP contribution in [0, 0.1) is 16.7 Å². The van der Waals surface area contributed by atoms with E-state index in [4.69, 9.17) is 5.26 Å². The molecule has 1 aromatic carbocycles. The zero-order valence-corrected chi connectivity index (χ0v) is 12.3. The van der Waals surface area contributed by atoms with Crippen molar-refractivity contribution in [2.75, 3.05) is 5.32 Å². The Morgan fingerprint density at radius 1 is 1.29 bits per heavy atom. The SMILES string of the molecule is CCC(C)NC(=O)C1(C(=O)Nc2ccc(C#N)cc2)CC1. The average Bonchev–Trinajstić information content (AvgIpc) is 3.29. The van der Waals surface area contributed by atoms with Gasteiger partial charge in [-0.25, -0.2) is 0 Å². The van der Waals surface area contributed by atoms with E-state index in [0.717, 1.165) is 6.42 Å². The molecule has 5 heteroatoms. The lowest BCUT2D eigenvalue weighted by molar-refractivity contribution is -0.134. The minimum Gasteiger partial charge on any atom is -0.353 e. The smallest absolute Gasteiger partial charge is 0.240 e. The van der Waals surface area contributed by atoms with Crippen molar-refractivity contribution in [2.45, 2.75) is 39.2 Å². The highest BCUT2D eigenvalue weighted by Gasteiger charge is 2.56. The second-order valence-corrected chi connectivity index (χ2v) is 5.51. The summed E-state index contributed by atoms with van der Waals surface area (Å²) >= 11 is 0. The Labute approximate surface area is 124 Å². The van der Waals surface area contributed by atoms with Gasteiger partial charge in [-0.15, -0.1) is 0 Å². The molecule has 2 N–H and O–H groups in total. The topological polar surface area (TPSA) is 82.0 Å². The van der Waals surface area contributed by atoms with E-state index in [9.17, 15) is 9.59 Å². The van der Waals surface area contributed by atoms with Gasteiger partial charge in [0.2, 0.25) is 11.8 Å². The molecule has 0 saturated heterocycles. The summed E-state index contributed by atoms with van der Waals surface area (Å²) in [5.41, 5.74) is 0.211. The summed E-state index contributed by atoms with van der Waals surface area (Å²) < 4.78 is 0. The number of anilines is 1. The molecule has 0 bridgehead atoms. The fourth-order valence-corrected chi connectivity index (χ4v) is 2.03. The van der Waals surface area contributed by atoms with E-state index in [1.165, 1.54) is 0 Å². The Bertz CT molecular complexity index is 583. The summed E-state index contributed by atoms with van der Waals surface area (Å²) in [6.45, 7) is 3.91. The van der Waals surface area contributed by atoms with Crippen molar-refractivity contribution in [2.24, 2.45) is 5.41 Å². The van der Waals surface area contributed by atoms with Crippen molar-refractivity contribution in [3.63, 3.8) is 0 Å². The van der Waals surface area contributed by atoms with Gasteiger partial charge in [-0.3, -0.25) is 9.59 Å². The molecular formula is C16H19N3O2. The highest BCUT2D eigenvalue weighted by molar-refractivity contribution is 6.13. The van der Waals surface area contributed by atoms with E-state index in [0.29, 0.717) is 24.1 Å². The van der Waals surface area contributed by atoms with Crippen LogP contribution in [0.4, 0.5) is 5.69 Å². The third-order valence-corrected chi connectivity index (χ3v) is 3.88. The van der Waals surface area contributed by atoms with Crippen LogP contribution in [-0.2, 0) is 9.59 Å². The van der Waals surface area contributed by atoms with Gasteiger partial charge in [0.05, 0.1) is 11.6 Å². The molecule has 0 heterocycles. The van der Waals surface area contributed by atoms with Crippen molar-refractivity contribution in [3.05, 3.63) is 29.8 Å². The molecule has 1 aliphatic carbocycles. The first-order valence-corrected chi connectivity index (χ1v) is 7.14. The number of nitrogens with zero attached hydrogens (tertiary/aromatic N) is 1. The van der Waals surface area contributed by atoms with Crippen LogP contribution in [-0.4, -0.2) is 17.9 Å². The molecule has 2 amide bonds. The van der Waals surface area contributed by atoms with Gasteiger partial charge < -0.3 is 10.6 Å². The maximum atomic E-state index is 12.3. The van der Waals surface area contributed by atoms with Gasteiger partial charge in [0.25, 0.3) is 0 Å². The quantitative estimate of drug-likeness (QED) is 0.814. The number of nitrogens with one attached hydrogen (secondary N) is 2. The summed E-state index contributed by atoms with van der Waals surface area (Å²) in [5.74, 6) is -0.462. The number of carbonyl (C=O) groups is 2. The zero-order valence-electron chi connectivity index (χ0n) is 12.3. The summed E-state index contributed by atoms with van der Waals surface area (Å²) in [6.07, 6.45) is 1.99. The van der Waals surface area contributed by atoms with Gasteiger partial charge in [-0.05, 0) is 50.5 Å². The van der Waals surface area contributed by atoms with E-state index in [1.807, 2.05) is 19.9 Å². The summed E-state index contributed by atoms with van der Waals surface area (Å²) in [5, 5.41) is 14.4. The molecule has 1 fully saturated rings. The van der Waals surface area contributed by atoms with Crippen LogP contribution in [0.25, 0.3) is 0 Å². The Hall–Kier alpha value is -2.35. The lowest BCUT2D eigenvalue weighted by Gasteiger charge is -2.18. The Kier molecular flexibility index (Phi) is 4.27. The first-order chi connectivity index (χ1) is 10.0. The molecule has 0 aromatic heterocycles. The normalized spacial score (nSPS) is 16.4. The minimum atomic E-state index is -0.919. The summed E-state index contributed by atoms with van der Waals surface area (Å²) in [4.78, 5) is 24.5. The van der Waals surface area contributed by atoms with Gasteiger partial charge >= 0.3 is 0 Å². The number of benzene rings is 1. The molecule has 1 atom stereocenters. The third kappa shape index (κ3) is 3.22. The second kappa shape index (κ2) is 5.96. The molecule has 0 radical (unpaired) electrons. The number of amides is 2. The fourth-order valence-electron chi connectivity index (χ4n) is 2.03. The van der Waals surface area contributed by atoms with Crippen LogP contribution >= 0.6 is 0 Å². The van der Waals surface area contributed by atoms with Crippen LogP contribution in [0.15, 0.2) is 24.3 Å². The second-order valence-electron chi connectivity index (χ2n) is 5.51. The summed E-state index contributed by atoms with van der Waals surface area (Å²) in [6, 6.07) is 8.69. The predicted octanol–water partition coefficient (Wildman–Crippen LogP) is 2.19. The lowest BCUT2D eigenvalue weighted by Crippen LogP contribution is -2.43. The third-order valence-electron chi connectivity index (χ3n) is 3.88. The molecule has 0 spiro atoms. The van der Waals surface area contributed by atoms with Crippen LogP contribution in [0.5, 0.6) is 0 Å². The van der Waals surface area contributed by atoms with Crippen molar-refractivity contribution < 1.29 is 9.59 Å². The molecule has 1 saturated carbocycles. The Morgan fingerprint density at radius 3 is 2.38 bits per heavy atom. The molecular weight excluding hydrogens is 266 g/mol. The van der Waals surface area contributed by atoms with Crippen molar-refractivity contribution in [1.82, 2.24) is 5.32 Å².